The van der Waals surface area contributed by atoms with Gasteiger partial charge in [-0.25, -0.2) is 0 Å². The molecule has 1 aliphatic heterocycles. The summed E-state index contributed by atoms with van der Waals surface area (Å²) in [6, 6.07) is 18.8. The third kappa shape index (κ3) is 3.27. The second-order valence-electron chi connectivity index (χ2n) is 5.04. The summed E-state index contributed by atoms with van der Waals surface area (Å²) < 4.78 is 0.910. The first-order chi connectivity index (χ1) is 10.2. The molecule has 4 heteroatoms. The molecule has 1 heterocycles. The molecule has 3 rings (SSSR count). The first-order valence-electron chi connectivity index (χ1n) is 7.00. The van der Waals surface area contributed by atoms with Crippen molar-refractivity contribution in [2.75, 3.05) is 31.1 Å². The Labute approximate surface area is 133 Å². The minimum atomic E-state index is 0.0593. The fourth-order valence-electron chi connectivity index (χ4n) is 2.54. The van der Waals surface area contributed by atoms with E-state index >= 15 is 0 Å². The molecule has 21 heavy (non-hydrogen) atoms. The Balaban J connectivity index is 1.64. The number of halogens is 1. The number of piperazine rings is 1. The van der Waals surface area contributed by atoms with Gasteiger partial charge in [0.15, 0.2) is 0 Å². The van der Waals surface area contributed by atoms with Crippen LogP contribution in [0.3, 0.4) is 0 Å². The predicted molar refractivity (Wildman–Crippen MR) is 87.5 cm³/mol. The van der Waals surface area contributed by atoms with Crippen molar-refractivity contribution in [3.05, 3.63) is 64.6 Å². The summed E-state index contributed by atoms with van der Waals surface area (Å²) in [6.07, 6.45) is 0. The highest BCUT2D eigenvalue weighted by Gasteiger charge is 2.22. The maximum atomic E-state index is 12.5. The number of anilines is 1. The summed E-state index contributed by atoms with van der Waals surface area (Å²) in [4.78, 5) is 16.7. The van der Waals surface area contributed by atoms with Gasteiger partial charge in [0.2, 0.25) is 0 Å². The molecule has 0 aliphatic carbocycles. The van der Waals surface area contributed by atoms with Gasteiger partial charge < -0.3 is 9.80 Å². The molecule has 0 aromatic heterocycles. The van der Waals surface area contributed by atoms with Crippen LogP contribution in [0.5, 0.6) is 0 Å². The van der Waals surface area contributed by atoms with E-state index in [-0.39, 0.29) is 5.91 Å². The van der Waals surface area contributed by atoms with E-state index < -0.39 is 0 Å². The van der Waals surface area contributed by atoms with Crippen molar-refractivity contribution in [2.24, 2.45) is 0 Å². The summed E-state index contributed by atoms with van der Waals surface area (Å²) in [6.45, 7) is 3.22. The van der Waals surface area contributed by atoms with Crippen molar-refractivity contribution in [2.45, 2.75) is 0 Å². The number of carbonyl (C=O) groups excluding carboxylic acids is 1. The largest absolute Gasteiger partial charge is 0.368 e. The van der Waals surface area contributed by atoms with E-state index in [4.69, 9.17) is 0 Å². The highest BCUT2D eigenvalue weighted by Crippen LogP contribution is 2.18. The molecule has 1 saturated heterocycles. The third-order valence-corrected chi connectivity index (χ3v) is 4.18. The Kier molecular flexibility index (Phi) is 4.25. The van der Waals surface area contributed by atoms with Crippen LogP contribution in [0.2, 0.25) is 0 Å². The topological polar surface area (TPSA) is 23.6 Å². The number of hydrogen-bond donors (Lipinski definition) is 0. The molecular formula is C17H16BrN2O. The second-order valence-corrected chi connectivity index (χ2v) is 5.95. The molecule has 1 radical (unpaired) electrons. The molecule has 0 saturated carbocycles. The SMILES string of the molecule is O=C(c1[c]ccc(Br)c1)N1CCN(c2ccccc2)CC1. The maximum Gasteiger partial charge on any atom is 0.254 e. The Morgan fingerprint density at radius 1 is 1.05 bits per heavy atom. The highest BCUT2D eigenvalue weighted by atomic mass is 79.9. The predicted octanol–water partition coefficient (Wildman–Crippen LogP) is 3.21. The lowest BCUT2D eigenvalue weighted by Crippen LogP contribution is -2.48. The Morgan fingerprint density at radius 2 is 1.76 bits per heavy atom. The minimum Gasteiger partial charge on any atom is -0.368 e. The van der Waals surface area contributed by atoms with Crippen LogP contribution in [0, 0.1) is 6.07 Å². The average molecular weight is 344 g/mol. The molecule has 0 bridgehead atoms. The number of carbonyl (C=O) groups is 1. The van der Waals surface area contributed by atoms with E-state index in [1.807, 2.05) is 35.2 Å². The quantitative estimate of drug-likeness (QED) is 0.835. The van der Waals surface area contributed by atoms with Crippen LogP contribution in [0.1, 0.15) is 10.4 Å². The summed E-state index contributed by atoms with van der Waals surface area (Å²) in [7, 11) is 0. The van der Waals surface area contributed by atoms with Gasteiger partial charge in [-0.3, -0.25) is 4.79 Å². The van der Waals surface area contributed by atoms with Crippen LogP contribution in [0.15, 0.2) is 53.0 Å². The lowest BCUT2D eigenvalue weighted by atomic mass is 10.1. The first kappa shape index (κ1) is 14.1. The van der Waals surface area contributed by atoms with Crippen molar-refractivity contribution in [3.63, 3.8) is 0 Å². The van der Waals surface area contributed by atoms with E-state index in [1.54, 1.807) is 6.07 Å². The van der Waals surface area contributed by atoms with Crippen molar-refractivity contribution in [1.29, 1.82) is 0 Å². The molecule has 0 spiro atoms. The highest BCUT2D eigenvalue weighted by molar-refractivity contribution is 9.10. The lowest BCUT2D eigenvalue weighted by molar-refractivity contribution is 0.0746. The number of rotatable bonds is 2. The summed E-state index contributed by atoms with van der Waals surface area (Å²) >= 11 is 3.40. The number of benzene rings is 2. The normalized spacial score (nSPS) is 15.1. The van der Waals surface area contributed by atoms with Crippen LogP contribution >= 0.6 is 15.9 Å². The summed E-state index contributed by atoms with van der Waals surface area (Å²) in [5.41, 5.74) is 1.84. The number of amides is 1. The Bertz CT molecular complexity index is 622. The molecule has 1 amide bonds. The van der Waals surface area contributed by atoms with Crippen LogP contribution in [0.4, 0.5) is 5.69 Å². The zero-order valence-electron chi connectivity index (χ0n) is 11.6. The van der Waals surface area contributed by atoms with Crippen LogP contribution in [-0.2, 0) is 0 Å². The molecule has 1 fully saturated rings. The van der Waals surface area contributed by atoms with E-state index in [0.717, 1.165) is 30.7 Å². The smallest absolute Gasteiger partial charge is 0.254 e. The molecule has 2 aromatic rings. The minimum absolute atomic E-state index is 0.0593. The van der Waals surface area contributed by atoms with Gasteiger partial charge in [0.05, 0.1) is 0 Å². The van der Waals surface area contributed by atoms with Gasteiger partial charge in [0, 0.05) is 41.9 Å². The monoisotopic (exact) mass is 343 g/mol. The number of hydrogen-bond acceptors (Lipinski definition) is 2. The number of nitrogens with zero attached hydrogens (tertiary/aromatic N) is 2. The molecule has 0 N–H and O–H groups in total. The fraction of sp³-hybridized carbons (Fsp3) is 0.235. The summed E-state index contributed by atoms with van der Waals surface area (Å²) in [5.74, 6) is 0.0593. The Morgan fingerprint density at radius 3 is 2.43 bits per heavy atom. The lowest BCUT2D eigenvalue weighted by Gasteiger charge is -2.36. The van der Waals surface area contributed by atoms with Crippen LogP contribution < -0.4 is 4.90 Å². The van der Waals surface area contributed by atoms with Crippen LogP contribution in [-0.4, -0.2) is 37.0 Å². The van der Waals surface area contributed by atoms with E-state index in [2.05, 4.69) is 39.0 Å². The maximum absolute atomic E-state index is 12.5. The van der Waals surface area contributed by atoms with Crippen molar-refractivity contribution >= 4 is 27.5 Å². The van der Waals surface area contributed by atoms with Gasteiger partial charge in [0.1, 0.15) is 0 Å². The van der Waals surface area contributed by atoms with Crippen LogP contribution in [0.25, 0.3) is 0 Å². The number of para-hydroxylation sites is 1. The van der Waals surface area contributed by atoms with Gasteiger partial charge in [-0.2, -0.15) is 0 Å². The van der Waals surface area contributed by atoms with Gasteiger partial charge in [0.25, 0.3) is 5.91 Å². The summed E-state index contributed by atoms with van der Waals surface area (Å²) in [5, 5.41) is 0. The van der Waals surface area contributed by atoms with Gasteiger partial charge >= 0.3 is 0 Å². The van der Waals surface area contributed by atoms with Gasteiger partial charge in [-0.1, -0.05) is 40.2 Å². The van der Waals surface area contributed by atoms with Crippen molar-refractivity contribution < 1.29 is 4.79 Å². The van der Waals surface area contributed by atoms with Crippen molar-refractivity contribution in [1.82, 2.24) is 4.90 Å². The van der Waals surface area contributed by atoms with E-state index in [1.165, 1.54) is 5.69 Å². The third-order valence-electron chi connectivity index (χ3n) is 3.68. The molecule has 0 atom stereocenters. The molecule has 2 aromatic carbocycles. The van der Waals surface area contributed by atoms with Gasteiger partial charge in [-0.15, -0.1) is 0 Å². The average Bonchev–Trinajstić information content (AvgIpc) is 2.55. The molecule has 3 nitrogen and oxygen atoms in total. The van der Waals surface area contributed by atoms with E-state index in [0.29, 0.717) is 5.56 Å². The van der Waals surface area contributed by atoms with E-state index in [9.17, 15) is 4.79 Å². The Hall–Kier alpha value is -1.81. The van der Waals surface area contributed by atoms with Crippen molar-refractivity contribution in [3.8, 4) is 0 Å². The second kappa shape index (κ2) is 6.31. The standard InChI is InChI=1S/C17H16BrN2O/c18-15-6-4-5-14(13-15)17(21)20-11-9-19(10-12-20)16-7-2-1-3-8-16/h1-4,6-8,13H,9-12H2. The fourth-order valence-corrected chi connectivity index (χ4v) is 2.90. The molecule has 107 valence electrons. The van der Waals surface area contributed by atoms with Gasteiger partial charge in [-0.05, 0) is 30.3 Å². The zero-order chi connectivity index (χ0) is 14.7. The molecule has 0 unspecified atom stereocenters. The molecular weight excluding hydrogens is 328 g/mol. The zero-order valence-corrected chi connectivity index (χ0v) is 13.2. The first-order valence-corrected chi connectivity index (χ1v) is 7.80. The molecule has 1 aliphatic rings.